The summed E-state index contributed by atoms with van der Waals surface area (Å²) in [6.07, 6.45) is 0. The smallest absolute Gasteiger partial charge is 0.349 e. The number of nitrogens with zero attached hydrogens (tertiary/aromatic N) is 2. The van der Waals surface area contributed by atoms with Gasteiger partial charge in [0.2, 0.25) is 0 Å². The van der Waals surface area contributed by atoms with E-state index in [0.717, 1.165) is 22.1 Å². The molecule has 32 heavy (non-hydrogen) atoms. The van der Waals surface area contributed by atoms with Crippen LogP contribution in [-0.4, -0.2) is 14.9 Å². The zero-order chi connectivity index (χ0) is 22.7. The van der Waals surface area contributed by atoms with Crippen LogP contribution in [0.25, 0.3) is 38.9 Å². The molecule has 0 unspecified atom stereocenters. The van der Waals surface area contributed by atoms with Crippen LogP contribution in [0.15, 0.2) is 60.9 Å². The molecule has 0 saturated carbocycles. The maximum Gasteiger partial charge on any atom is 0.349 e. The zero-order valence-electron chi connectivity index (χ0n) is 18.0. The third-order valence-corrected chi connectivity index (χ3v) is 5.69. The predicted molar refractivity (Wildman–Crippen MR) is 122 cm³/mol. The normalized spacial score (nSPS) is 11.5. The topological polar surface area (TPSA) is 98.5 Å². The molecule has 0 saturated heterocycles. The van der Waals surface area contributed by atoms with Crippen molar-refractivity contribution in [2.75, 3.05) is 0 Å². The molecule has 0 spiro atoms. The summed E-state index contributed by atoms with van der Waals surface area (Å²) >= 11 is 0. The van der Waals surface area contributed by atoms with Gasteiger partial charge in [0.15, 0.2) is 0 Å². The highest BCUT2D eigenvalue weighted by atomic mass is 16.4. The Labute approximate surface area is 182 Å². The van der Waals surface area contributed by atoms with Crippen LogP contribution in [0.3, 0.4) is 0 Å². The lowest BCUT2D eigenvalue weighted by Crippen LogP contribution is -2.09. The van der Waals surface area contributed by atoms with Gasteiger partial charge in [0.25, 0.3) is 0 Å². The van der Waals surface area contributed by atoms with Crippen molar-refractivity contribution in [1.82, 2.24) is 9.78 Å². The van der Waals surface area contributed by atoms with Gasteiger partial charge in [0.05, 0.1) is 22.5 Å². The van der Waals surface area contributed by atoms with Crippen LogP contribution < -0.4 is 11.3 Å². The number of aromatic nitrogens is 2. The van der Waals surface area contributed by atoms with Crippen molar-refractivity contribution in [2.24, 2.45) is 0 Å². The fraction of sp³-hybridized carbons (Fsp3) is 0.160. The molecule has 0 amide bonds. The highest BCUT2D eigenvalue weighted by Crippen LogP contribution is 2.36. The summed E-state index contributed by atoms with van der Waals surface area (Å²) in [5.41, 5.74) is 3.90. The fourth-order valence-electron chi connectivity index (χ4n) is 4.12. The van der Waals surface area contributed by atoms with Crippen molar-refractivity contribution in [3.05, 3.63) is 85.7 Å². The van der Waals surface area contributed by atoms with Gasteiger partial charge in [-0.1, -0.05) is 12.1 Å². The molecule has 5 aromatic rings. The molecule has 3 aromatic heterocycles. The summed E-state index contributed by atoms with van der Waals surface area (Å²) in [6, 6.07) is 12.1. The van der Waals surface area contributed by atoms with E-state index in [9.17, 15) is 14.7 Å². The molecule has 7 heteroatoms. The van der Waals surface area contributed by atoms with Gasteiger partial charge >= 0.3 is 11.3 Å². The van der Waals surface area contributed by atoms with E-state index in [4.69, 9.17) is 8.83 Å². The summed E-state index contributed by atoms with van der Waals surface area (Å²) < 4.78 is 12.5. The van der Waals surface area contributed by atoms with E-state index < -0.39 is 11.3 Å². The van der Waals surface area contributed by atoms with E-state index in [0.29, 0.717) is 33.6 Å². The summed E-state index contributed by atoms with van der Waals surface area (Å²) in [6.45, 7) is 7.33. The summed E-state index contributed by atoms with van der Waals surface area (Å²) in [5, 5.41) is 16.9. The van der Waals surface area contributed by atoms with Crippen LogP contribution in [0.1, 0.15) is 22.4 Å². The summed E-state index contributed by atoms with van der Waals surface area (Å²) in [7, 11) is 0. The second-order valence-electron chi connectivity index (χ2n) is 8.03. The van der Waals surface area contributed by atoms with Gasteiger partial charge in [-0.2, -0.15) is 5.10 Å². The van der Waals surface area contributed by atoms with E-state index in [1.807, 2.05) is 39.8 Å². The first kappa shape index (κ1) is 19.8. The number of hydrogen-bond acceptors (Lipinski definition) is 6. The molecule has 3 heterocycles. The van der Waals surface area contributed by atoms with Crippen molar-refractivity contribution in [3.63, 3.8) is 0 Å². The van der Waals surface area contributed by atoms with Gasteiger partial charge in [0, 0.05) is 11.5 Å². The van der Waals surface area contributed by atoms with Gasteiger partial charge in [-0.05, 0) is 68.7 Å². The Morgan fingerprint density at radius 1 is 0.875 bits per heavy atom. The average molecular weight is 428 g/mol. The highest BCUT2D eigenvalue weighted by Gasteiger charge is 2.22. The molecule has 0 radical (unpaired) electrons. The minimum Gasteiger partial charge on any atom is -0.506 e. The number of hydrogen-bond donors (Lipinski definition) is 1. The maximum atomic E-state index is 13.0. The number of aryl methyl sites for hydroxylation is 4. The Morgan fingerprint density at radius 3 is 2.44 bits per heavy atom. The van der Waals surface area contributed by atoms with E-state index in [2.05, 4.69) is 5.10 Å². The molecule has 0 atom stereocenters. The second-order valence-corrected chi connectivity index (χ2v) is 8.03. The lowest BCUT2D eigenvalue weighted by atomic mass is 10.1. The molecule has 2 aromatic carbocycles. The molecular weight excluding hydrogens is 408 g/mol. The summed E-state index contributed by atoms with van der Waals surface area (Å²) in [5.74, 6) is -0.151. The van der Waals surface area contributed by atoms with Crippen LogP contribution in [0, 0.1) is 27.7 Å². The molecule has 160 valence electrons. The van der Waals surface area contributed by atoms with Crippen molar-refractivity contribution in [2.45, 2.75) is 27.7 Å². The second kappa shape index (κ2) is 6.95. The third kappa shape index (κ3) is 2.93. The van der Waals surface area contributed by atoms with Crippen molar-refractivity contribution < 1.29 is 13.9 Å². The Kier molecular flexibility index (Phi) is 4.30. The van der Waals surface area contributed by atoms with Gasteiger partial charge in [-0.3, -0.25) is 0 Å². The molecule has 0 aliphatic heterocycles. The maximum absolute atomic E-state index is 13.0. The number of fused-ring (bicyclic) bond motifs is 2. The first-order chi connectivity index (χ1) is 15.2. The van der Waals surface area contributed by atoms with Crippen LogP contribution in [0.5, 0.6) is 5.75 Å². The number of para-hydroxylation sites is 1. The van der Waals surface area contributed by atoms with Crippen LogP contribution in [0.4, 0.5) is 0 Å². The monoisotopic (exact) mass is 428 g/mol. The van der Waals surface area contributed by atoms with Gasteiger partial charge in [0.1, 0.15) is 22.5 Å². The van der Waals surface area contributed by atoms with Gasteiger partial charge in [-0.25, -0.2) is 14.3 Å². The lowest BCUT2D eigenvalue weighted by molar-refractivity contribution is 0.470. The minimum atomic E-state index is -0.647. The van der Waals surface area contributed by atoms with Crippen molar-refractivity contribution >= 4 is 21.9 Å². The van der Waals surface area contributed by atoms with E-state index in [-0.39, 0.29) is 11.3 Å². The van der Waals surface area contributed by atoms with Crippen LogP contribution in [0.2, 0.25) is 0 Å². The van der Waals surface area contributed by atoms with E-state index in [1.54, 1.807) is 28.9 Å². The standard InChI is InChI=1S/C25H20N2O5/c1-12-6-5-7-16-23(29)22(25(30)32-24(12)16)19-10-15(4)26-27(19)18-11-17-13(2)9-21(28)31-20(17)8-14(18)3/h5-11,29H,1-4H3. The largest absolute Gasteiger partial charge is 0.506 e. The highest BCUT2D eigenvalue weighted by molar-refractivity contribution is 5.91. The van der Waals surface area contributed by atoms with Gasteiger partial charge < -0.3 is 13.9 Å². The van der Waals surface area contributed by atoms with Crippen molar-refractivity contribution in [3.8, 4) is 22.7 Å². The third-order valence-electron chi connectivity index (χ3n) is 5.69. The van der Waals surface area contributed by atoms with Crippen LogP contribution in [-0.2, 0) is 0 Å². The first-order valence-corrected chi connectivity index (χ1v) is 10.1. The molecular formula is C25H20N2O5. The Hall–Kier alpha value is -4.13. The first-order valence-electron chi connectivity index (χ1n) is 10.1. The van der Waals surface area contributed by atoms with Crippen LogP contribution >= 0.6 is 0 Å². The van der Waals surface area contributed by atoms with Crippen molar-refractivity contribution in [1.29, 1.82) is 0 Å². The molecule has 0 fully saturated rings. The molecule has 1 N–H and O–H groups in total. The molecule has 0 aliphatic rings. The SMILES string of the molecule is Cc1cc(-c2c(O)c3cccc(C)c3oc2=O)n(-c2cc3c(C)cc(=O)oc3cc2C)n1. The van der Waals surface area contributed by atoms with E-state index >= 15 is 0 Å². The Morgan fingerprint density at radius 2 is 1.66 bits per heavy atom. The number of rotatable bonds is 2. The van der Waals surface area contributed by atoms with E-state index in [1.165, 1.54) is 6.07 Å². The number of benzene rings is 2. The van der Waals surface area contributed by atoms with Gasteiger partial charge in [-0.15, -0.1) is 0 Å². The molecule has 0 bridgehead atoms. The zero-order valence-corrected chi connectivity index (χ0v) is 18.0. The summed E-state index contributed by atoms with van der Waals surface area (Å²) in [4.78, 5) is 24.7. The minimum absolute atomic E-state index is 0.0412. The quantitative estimate of drug-likeness (QED) is 0.410. The molecule has 5 rings (SSSR count). The number of aromatic hydroxyl groups is 1. The lowest BCUT2D eigenvalue weighted by Gasteiger charge is -2.13. The fourth-order valence-corrected chi connectivity index (χ4v) is 4.12. The average Bonchev–Trinajstić information content (AvgIpc) is 3.09. The Bertz CT molecular complexity index is 1670. The predicted octanol–water partition coefficient (Wildman–Crippen LogP) is 4.69. The molecule has 0 aliphatic carbocycles. The Balaban J connectivity index is 1.83. The molecule has 7 nitrogen and oxygen atoms in total.